The minimum atomic E-state index is -0.505. The largest absolute Gasteiger partial charge is 0.497 e. The van der Waals surface area contributed by atoms with Gasteiger partial charge in [0.2, 0.25) is 0 Å². The van der Waals surface area contributed by atoms with E-state index in [1.54, 1.807) is 7.11 Å². The molecule has 0 spiro atoms. The molecular weight excluding hydrogens is 504 g/mol. The lowest BCUT2D eigenvalue weighted by atomic mass is 9.98. The zero-order chi connectivity index (χ0) is 28.3. The van der Waals surface area contributed by atoms with Crippen molar-refractivity contribution in [1.82, 2.24) is 30.1 Å². The van der Waals surface area contributed by atoms with Crippen LogP contribution in [-0.2, 0) is 23.2 Å². The first kappa shape index (κ1) is 28.0. The van der Waals surface area contributed by atoms with Gasteiger partial charge in [0.05, 0.1) is 18.8 Å². The Kier molecular flexibility index (Phi) is 8.32. The average molecular weight is 545 g/mol. The quantitative estimate of drug-likeness (QED) is 0.284. The van der Waals surface area contributed by atoms with Crippen LogP contribution in [0.3, 0.4) is 0 Å². The maximum Gasteiger partial charge on any atom is 0.253 e. The molecule has 0 saturated carbocycles. The van der Waals surface area contributed by atoms with Crippen LogP contribution in [0.1, 0.15) is 75.5 Å². The van der Waals surface area contributed by atoms with Crippen molar-refractivity contribution in [1.29, 1.82) is 0 Å². The Hall–Kier alpha value is -3.56. The highest BCUT2D eigenvalue weighted by Crippen LogP contribution is 2.33. The van der Waals surface area contributed by atoms with Crippen molar-refractivity contribution in [3.63, 3.8) is 0 Å². The van der Waals surface area contributed by atoms with Crippen molar-refractivity contribution in [2.75, 3.05) is 20.3 Å². The molecular formula is C31H40N6O3. The van der Waals surface area contributed by atoms with Crippen LogP contribution in [0.15, 0.2) is 53.3 Å². The summed E-state index contributed by atoms with van der Waals surface area (Å²) in [6.45, 7) is 10.4. The fourth-order valence-electron chi connectivity index (χ4n) is 5.46. The number of aromatic amines is 1. The number of nitrogens with zero attached hydrogens (tertiary/aromatic N) is 5. The van der Waals surface area contributed by atoms with Gasteiger partial charge < -0.3 is 14.5 Å². The van der Waals surface area contributed by atoms with Gasteiger partial charge in [0.15, 0.2) is 5.82 Å². The summed E-state index contributed by atoms with van der Waals surface area (Å²) in [6.07, 6.45) is 3.80. The topological polar surface area (TPSA) is 98.2 Å². The molecule has 212 valence electrons. The number of ether oxygens (including phenoxy) is 2. The second kappa shape index (κ2) is 11.9. The summed E-state index contributed by atoms with van der Waals surface area (Å²) in [5, 5.41) is 14.1. The normalized spacial score (nSPS) is 16.6. The molecule has 1 aliphatic heterocycles. The number of fused-ring (bicyclic) bond motifs is 1. The van der Waals surface area contributed by atoms with Crippen LogP contribution < -0.4 is 10.3 Å². The van der Waals surface area contributed by atoms with Gasteiger partial charge in [-0.2, -0.15) is 0 Å². The van der Waals surface area contributed by atoms with Gasteiger partial charge in [0.25, 0.3) is 5.56 Å². The summed E-state index contributed by atoms with van der Waals surface area (Å²) in [5.74, 6) is 1.43. The van der Waals surface area contributed by atoms with Gasteiger partial charge in [-0.3, -0.25) is 9.69 Å². The lowest BCUT2D eigenvalue weighted by Crippen LogP contribution is -2.41. The monoisotopic (exact) mass is 544 g/mol. The fraction of sp³-hybridized carbons (Fsp3) is 0.484. The molecule has 2 aromatic heterocycles. The lowest BCUT2D eigenvalue weighted by molar-refractivity contribution is 0.0562. The van der Waals surface area contributed by atoms with Crippen LogP contribution in [0.4, 0.5) is 0 Å². The molecule has 5 rings (SSSR count). The highest BCUT2D eigenvalue weighted by atomic mass is 16.5. The van der Waals surface area contributed by atoms with Crippen molar-refractivity contribution < 1.29 is 9.47 Å². The van der Waals surface area contributed by atoms with Gasteiger partial charge in [-0.25, -0.2) is 4.68 Å². The number of hydrogen-bond donors (Lipinski definition) is 1. The van der Waals surface area contributed by atoms with E-state index < -0.39 is 6.04 Å². The molecule has 0 radical (unpaired) electrons. The van der Waals surface area contributed by atoms with E-state index in [0.29, 0.717) is 24.5 Å². The zero-order valence-corrected chi connectivity index (χ0v) is 24.2. The van der Waals surface area contributed by atoms with Gasteiger partial charge in [-0.1, -0.05) is 32.0 Å². The van der Waals surface area contributed by atoms with Gasteiger partial charge in [0, 0.05) is 30.8 Å². The van der Waals surface area contributed by atoms with Gasteiger partial charge >= 0.3 is 0 Å². The number of hydrogen-bond acceptors (Lipinski definition) is 7. The van der Waals surface area contributed by atoms with Crippen molar-refractivity contribution in [3.8, 4) is 5.75 Å². The van der Waals surface area contributed by atoms with Crippen LogP contribution in [0.25, 0.3) is 10.9 Å². The van der Waals surface area contributed by atoms with E-state index in [1.807, 2.05) is 35.0 Å². The minimum Gasteiger partial charge on any atom is -0.497 e. The van der Waals surface area contributed by atoms with Crippen molar-refractivity contribution in [2.24, 2.45) is 0 Å². The molecule has 4 aromatic rings. The lowest BCUT2D eigenvalue weighted by Gasteiger charge is -2.34. The van der Waals surface area contributed by atoms with Crippen LogP contribution in [0.2, 0.25) is 0 Å². The SMILES string of the molecule is CCc1ccc2[nH]c(=O)c(C(c3nnnn3C(C)(C)CC)N(Cc3cccc(OC)c3)CC3CCCO3)cc2c1. The molecule has 1 fully saturated rings. The number of nitrogens with one attached hydrogen (secondary N) is 1. The van der Waals surface area contributed by atoms with Crippen LogP contribution in [-0.4, -0.2) is 56.5 Å². The molecule has 0 bridgehead atoms. The number of benzene rings is 2. The van der Waals surface area contributed by atoms with E-state index in [2.05, 4.69) is 71.3 Å². The number of aromatic nitrogens is 5. The van der Waals surface area contributed by atoms with Gasteiger partial charge in [-0.05, 0) is 96.8 Å². The van der Waals surface area contributed by atoms with Gasteiger partial charge in [0.1, 0.15) is 11.8 Å². The third-order valence-corrected chi connectivity index (χ3v) is 8.16. The van der Waals surface area contributed by atoms with E-state index in [9.17, 15) is 4.79 Å². The highest BCUT2D eigenvalue weighted by molar-refractivity contribution is 5.80. The predicted molar refractivity (Wildman–Crippen MR) is 156 cm³/mol. The van der Waals surface area contributed by atoms with Crippen molar-refractivity contribution >= 4 is 10.9 Å². The smallest absolute Gasteiger partial charge is 0.253 e. The Morgan fingerprint density at radius 3 is 2.75 bits per heavy atom. The third-order valence-electron chi connectivity index (χ3n) is 8.16. The molecule has 3 heterocycles. The summed E-state index contributed by atoms with van der Waals surface area (Å²) in [6, 6.07) is 15.8. The molecule has 9 nitrogen and oxygen atoms in total. The van der Waals surface area contributed by atoms with Crippen LogP contribution in [0, 0.1) is 0 Å². The number of aryl methyl sites for hydroxylation is 1. The Balaban J connectivity index is 1.71. The summed E-state index contributed by atoms with van der Waals surface area (Å²) in [4.78, 5) is 19.3. The second-order valence-corrected chi connectivity index (χ2v) is 11.3. The molecule has 40 heavy (non-hydrogen) atoms. The average Bonchev–Trinajstić information content (AvgIpc) is 3.66. The summed E-state index contributed by atoms with van der Waals surface area (Å²) < 4.78 is 13.5. The molecule has 2 unspecified atom stereocenters. The zero-order valence-electron chi connectivity index (χ0n) is 24.2. The summed E-state index contributed by atoms with van der Waals surface area (Å²) in [7, 11) is 1.67. The second-order valence-electron chi connectivity index (χ2n) is 11.3. The van der Waals surface area contributed by atoms with E-state index in [-0.39, 0.29) is 17.2 Å². The molecule has 0 aliphatic carbocycles. The van der Waals surface area contributed by atoms with Crippen LogP contribution in [0.5, 0.6) is 5.75 Å². The van der Waals surface area contributed by atoms with E-state index in [1.165, 1.54) is 5.56 Å². The Labute approximate surface area is 235 Å². The standard InChI is InChI=1S/C31H40N6O3/c1-6-21-13-14-27-23(16-21)18-26(30(38)32-27)28(29-33-34-35-37(29)31(3,4)7-2)36(20-25-12-9-15-40-25)19-22-10-8-11-24(17-22)39-5/h8,10-11,13-14,16-18,25,28H,6-7,9,12,15,19-20H2,1-5H3,(H,32,38). The van der Waals surface area contributed by atoms with E-state index >= 15 is 0 Å². The van der Waals surface area contributed by atoms with Gasteiger partial charge in [-0.15, -0.1) is 5.10 Å². The van der Waals surface area contributed by atoms with Crippen molar-refractivity contribution in [2.45, 2.75) is 77.6 Å². The first-order valence-electron chi connectivity index (χ1n) is 14.3. The number of tetrazole rings is 1. The number of H-pyrrole nitrogens is 1. The van der Waals surface area contributed by atoms with E-state index in [4.69, 9.17) is 9.47 Å². The number of methoxy groups -OCH3 is 1. The molecule has 1 aliphatic rings. The Morgan fingerprint density at radius 2 is 2.02 bits per heavy atom. The molecule has 2 aromatic carbocycles. The first-order chi connectivity index (χ1) is 19.3. The molecule has 9 heteroatoms. The molecule has 1 N–H and O–H groups in total. The maximum absolute atomic E-state index is 13.8. The summed E-state index contributed by atoms with van der Waals surface area (Å²) in [5.41, 5.74) is 3.23. The predicted octanol–water partition coefficient (Wildman–Crippen LogP) is 5.00. The highest BCUT2D eigenvalue weighted by Gasteiger charge is 2.36. The fourth-order valence-corrected chi connectivity index (χ4v) is 5.46. The molecule has 0 amide bonds. The van der Waals surface area contributed by atoms with Crippen LogP contribution >= 0.6 is 0 Å². The molecule has 1 saturated heterocycles. The third kappa shape index (κ3) is 5.81. The number of rotatable bonds is 11. The Morgan fingerprint density at radius 1 is 1.18 bits per heavy atom. The first-order valence-corrected chi connectivity index (χ1v) is 14.3. The van der Waals surface area contributed by atoms with E-state index in [0.717, 1.165) is 54.5 Å². The molecule has 2 atom stereocenters. The maximum atomic E-state index is 13.8. The van der Waals surface area contributed by atoms with Crippen molar-refractivity contribution in [3.05, 3.63) is 81.4 Å². The Bertz CT molecular complexity index is 1500. The summed E-state index contributed by atoms with van der Waals surface area (Å²) >= 11 is 0. The number of pyridine rings is 1. The minimum absolute atomic E-state index is 0.0582.